The minimum absolute atomic E-state index is 0.0222. The molecule has 0 radical (unpaired) electrons. The summed E-state index contributed by atoms with van der Waals surface area (Å²) in [4.78, 5) is 29.3. The number of hydrogen-bond acceptors (Lipinski definition) is 3. The number of piperazine rings is 1. The number of rotatable bonds is 3. The van der Waals surface area contributed by atoms with Crippen LogP contribution >= 0.6 is 0 Å². The van der Waals surface area contributed by atoms with E-state index in [4.69, 9.17) is 0 Å². The largest absolute Gasteiger partial charge is 0.343 e. The summed E-state index contributed by atoms with van der Waals surface area (Å²) >= 11 is 0. The van der Waals surface area contributed by atoms with Gasteiger partial charge in [0.05, 0.1) is 0 Å². The third kappa shape index (κ3) is 2.50. The van der Waals surface area contributed by atoms with Crippen LogP contribution in [0.15, 0.2) is 24.5 Å². The predicted molar refractivity (Wildman–Crippen MR) is 66.7 cm³/mol. The van der Waals surface area contributed by atoms with Crippen molar-refractivity contribution < 1.29 is 9.59 Å². The van der Waals surface area contributed by atoms with Gasteiger partial charge in [-0.2, -0.15) is 0 Å². The van der Waals surface area contributed by atoms with Crippen molar-refractivity contribution in [2.24, 2.45) is 0 Å². The van der Waals surface area contributed by atoms with Crippen LogP contribution in [0.5, 0.6) is 0 Å². The van der Waals surface area contributed by atoms with Crippen LogP contribution in [0, 0.1) is 0 Å². The Morgan fingerprint density at radius 2 is 2.17 bits per heavy atom. The van der Waals surface area contributed by atoms with Crippen molar-refractivity contribution in [2.75, 3.05) is 6.54 Å². The number of nitrogens with zero attached hydrogens (tertiary/aromatic N) is 2. The Kier molecular flexibility index (Phi) is 3.60. The molecular weight excluding hydrogens is 230 g/mol. The Bertz CT molecular complexity index is 447. The summed E-state index contributed by atoms with van der Waals surface area (Å²) in [6.07, 6.45) is 4.21. The van der Waals surface area contributed by atoms with Gasteiger partial charge in [-0.05, 0) is 31.9 Å². The van der Waals surface area contributed by atoms with E-state index in [2.05, 4.69) is 10.3 Å². The average molecular weight is 247 g/mol. The number of aromatic nitrogens is 1. The van der Waals surface area contributed by atoms with Gasteiger partial charge in [0.25, 0.3) is 0 Å². The van der Waals surface area contributed by atoms with Crippen molar-refractivity contribution in [2.45, 2.75) is 32.4 Å². The van der Waals surface area contributed by atoms with E-state index in [-0.39, 0.29) is 11.8 Å². The van der Waals surface area contributed by atoms with E-state index in [1.165, 1.54) is 0 Å². The molecule has 1 aliphatic rings. The van der Waals surface area contributed by atoms with Crippen molar-refractivity contribution in [3.63, 3.8) is 0 Å². The van der Waals surface area contributed by atoms with E-state index in [9.17, 15) is 9.59 Å². The molecule has 5 heteroatoms. The highest BCUT2D eigenvalue weighted by atomic mass is 16.2. The van der Waals surface area contributed by atoms with Gasteiger partial charge in [-0.15, -0.1) is 0 Å². The lowest BCUT2D eigenvalue weighted by Gasteiger charge is -2.36. The highest BCUT2D eigenvalue weighted by Crippen LogP contribution is 2.11. The van der Waals surface area contributed by atoms with Crippen molar-refractivity contribution in [1.29, 1.82) is 0 Å². The highest BCUT2D eigenvalue weighted by molar-refractivity contribution is 5.96. The Balaban J connectivity index is 2.02. The molecule has 1 fully saturated rings. The molecule has 2 unspecified atom stereocenters. The Morgan fingerprint density at radius 3 is 2.83 bits per heavy atom. The van der Waals surface area contributed by atoms with E-state index in [1.807, 2.05) is 12.1 Å². The molecule has 96 valence electrons. The summed E-state index contributed by atoms with van der Waals surface area (Å²) in [6.45, 7) is 4.01. The minimum Gasteiger partial charge on any atom is -0.343 e. The van der Waals surface area contributed by atoms with Gasteiger partial charge in [0, 0.05) is 18.9 Å². The zero-order valence-corrected chi connectivity index (χ0v) is 10.6. The molecule has 1 aliphatic heterocycles. The first-order chi connectivity index (χ1) is 8.59. The van der Waals surface area contributed by atoms with Crippen LogP contribution in [-0.2, 0) is 16.0 Å². The third-order valence-corrected chi connectivity index (χ3v) is 3.22. The lowest BCUT2D eigenvalue weighted by Crippen LogP contribution is -2.61. The first kappa shape index (κ1) is 12.5. The highest BCUT2D eigenvalue weighted by Gasteiger charge is 2.35. The summed E-state index contributed by atoms with van der Waals surface area (Å²) in [7, 11) is 0. The molecule has 0 saturated carbocycles. The lowest BCUT2D eigenvalue weighted by atomic mass is 10.1. The second-order valence-corrected chi connectivity index (χ2v) is 4.55. The smallest absolute Gasteiger partial charge is 0.245 e. The van der Waals surface area contributed by atoms with E-state index in [0.717, 1.165) is 5.56 Å². The van der Waals surface area contributed by atoms with Crippen LogP contribution in [0.2, 0.25) is 0 Å². The Hall–Kier alpha value is -1.91. The van der Waals surface area contributed by atoms with Crippen LogP contribution in [0.25, 0.3) is 0 Å². The predicted octanol–water partition coefficient (Wildman–Crippen LogP) is 0.359. The maximum absolute atomic E-state index is 12.0. The molecule has 1 N–H and O–H groups in total. The second kappa shape index (κ2) is 5.16. The van der Waals surface area contributed by atoms with Crippen LogP contribution in [0.4, 0.5) is 0 Å². The summed E-state index contributed by atoms with van der Waals surface area (Å²) in [6, 6.07) is 3.01. The van der Waals surface area contributed by atoms with Crippen LogP contribution < -0.4 is 5.32 Å². The number of nitrogens with one attached hydrogen (secondary N) is 1. The molecule has 1 aromatic rings. The van der Waals surface area contributed by atoms with Gasteiger partial charge < -0.3 is 10.2 Å². The molecule has 0 bridgehead atoms. The standard InChI is InChI=1S/C13H17N3O2/c1-9-13(18)16(10(2)12(17)15-9)7-5-11-4-3-6-14-8-11/h3-4,6,8-10H,5,7H2,1-2H3,(H,15,17). The van der Waals surface area contributed by atoms with Gasteiger partial charge >= 0.3 is 0 Å². The minimum atomic E-state index is -0.428. The van der Waals surface area contributed by atoms with Crippen LogP contribution in [-0.4, -0.2) is 40.3 Å². The Labute approximate surface area is 106 Å². The molecule has 1 aromatic heterocycles. The second-order valence-electron chi connectivity index (χ2n) is 4.55. The summed E-state index contributed by atoms with van der Waals surface area (Å²) < 4.78 is 0. The maximum Gasteiger partial charge on any atom is 0.245 e. The number of amides is 2. The van der Waals surface area contributed by atoms with Crippen LogP contribution in [0.1, 0.15) is 19.4 Å². The fourth-order valence-electron chi connectivity index (χ4n) is 2.08. The zero-order chi connectivity index (χ0) is 13.1. The van der Waals surface area contributed by atoms with Gasteiger partial charge in [-0.1, -0.05) is 6.07 Å². The molecule has 1 saturated heterocycles. The maximum atomic E-state index is 12.0. The van der Waals surface area contributed by atoms with E-state index in [1.54, 1.807) is 31.1 Å². The zero-order valence-electron chi connectivity index (χ0n) is 10.6. The SMILES string of the molecule is CC1NC(=O)C(C)N(CCc2cccnc2)C1=O. The fourth-order valence-corrected chi connectivity index (χ4v) is 2.08. The van der Waals surface area contributed by atoms with Crippen molar-refractivity contribution in [3.8, 4) is 0 Å². The van der Waals surface area contributed by atoms with Crippen molar-refractivity contribution in [1.82, 2.24) is 15.2 Å². The normalized spacial score (nSPS) is 24.0. The van der Waals surface area contributed by atoms with E-state index in [0.29, 0.717) is 13.0 Å². The molecular formula is C13H17N3O2. The van der Waals surface area contributed by atoms with Gasteiger partial charge in [0.1, 0.15) is 12.1 Å². The van der Waals surface area contributed by atoms with Gasteiger partial charge in [0.15, 0.2) is 0 Å². The third-order valence-electron chi connectivity index (χ3n) is 3.22. The molecule has 18 heavy (non-hydrogen) atoms. The Morgan fingerprint density at radius 1 is 1.39 bits per heavy atom. The quantitative estimate of drug-likeness (QED) is 0.839. The fraction of sp³-hybridized carbons (Fsp3) is 0.462. The summed E-state index contributed by atoms with van der Waals surface area (Å²) in [5, 5.41) is 2.66. The first-order valence-corrected chi connectivity index (χ1v) is 6.09. The van der Waals surface area contributed by atoms with Gasteiger partial charge in [-0.25, -0.2) is 0 Å². The first-order valence-electron chi connectivity index (χ1n) is 6.09. The molecule has 2 heterocycles. The monoisotopic (exact) mass is 247 g/mol. The molecule has 0 aliphatic carbocycles. The molecule has 2 rings (SSSR count). The van der Waals surface area contributed by atoms with Gasteiger partial charge in [-0.3, -0.25) is 14.6 Å². The van der Waals surface area contributed by atoms with Gasteiger partial charge in [0.2, 0.25) is 11.8 Å². The summed E-state index contributed by atoms with van der Waals surface area (Å²) in [5.41, 5.74) is 1.07. The molecule has 2 amide bonds. The average Bonchev–Trinajstić information content (AvgIpc) is 2.38. The number of carbonyl (C=O) groups excluding carboxylic acids is 2. The number of pyridine rings is 1. The molecule has 0 aromatic carbocycles. The molecule has 2 atom stereocenters. The molecule has 5 nitrogen and oxygen atoms in total. The topological polar surface area (TPSA) is 62.3 Å². The summed E-state index contributed by atoms with van der Waals surface area (Å²) in [5.74, 6) is -0.112. The number of hydrogen-bond donors (Lipinski definition) is 1. The van der Waals surface area contributed by atoms with Crippen molar-refractivity contribution in [3.05, 3.63) is 30.1 Å². The van der Waals surface area contributed by atoms with E-state index >= 15 is 0 Å². The lowest BCUT2D eigenvalue weighted by molar-refractivity contribution is -0.148. The molecule has 0 spiro atoms. The van der Waals surface area contributed by atoms with Crippen LogP contribution in [0.3, 0.4) is 0 Å². The van der Waals surface area contributed by atoms with Crippen molar-refractivity contribution >= 4 is 11.8 Å². The number of carbonyl (C=O) groups is 2. The van der Waals surface area contributed by atoms with E-state index < -0.39 is 12.1 Å².